The van der Waals surface area contributed by atoms with Crippen molar-refractivity contribution in [3.8, 4) is 11.1 Å². The van der Waals surface area contributed by atoms with Crippen LogP contribution in [-0.2, 0) is 54.9 Å². The van der Waals surface area contributed by atoms with Crippen molar-refractivity contribution in [1.82, 2.24) is 0 Å². The fourth-order valence-corrected chi connectivity index (χ4v) is 4.21. The van der Waals surface area contributed by atoms with E-state index in [9.17, 15) is 0 Å². The van der Waals surface area contributed by atoms with Crippen molar-refractivity contribution in [2.75, 3.05) is 0 Å². The molecule has 0 unspecified atom stereocenters. The normalized spacial score (nSPS) is 11.6. The first-order valence-electron chi connectivity index (χ1n) is 12.7. The molecule has 0 aromatic heterocycles. The molecular formula is C34H46Cl2Hf. The molecule has 4 rings (SSSR count). The van der Waals surface area contributed by atoms with Gasteiger partial charge in [-0.05, 0) is 28.4 Å². The minimum atomic E-state index is 0. The molecule has 0 bridgehead atoms. The third-order valence-electron chi connectivity index (χ3n) is 6.56. The van der Waals surface area contributed by atoms with Gasteiger partial charge in [-0.3, -0.25) is 0 Å². The van der Waals surface area contributed by atoms with Gasteiger partial charge in [-0.1, -0.05) is 105 Å². The van der Waals surface area contributed by atoms with Crippen LogP contribution < -0.4 is 24.8 Å². The van der Waals surface area contributed by atoms with Gasteiger partial charge in [-0.25, -0.2) is 6.07 Å². The zero-order valence-corrected chi connectivity index (χ0v) is 29.8. The molecule has 3 aromatic rings. The van der Waals surface area contributed by atoms with Crippen LogP contribution in [0, 0.1) is 6.07 Å². The van der Waals surface area contributed by atoms with Gasteiger partial charge in [0.1, 0.15) is 0 Å². The van der Waals surface area contributed by atoms with Crippen LogP contribution in [0.25, 0.3) is 11.1 Å². The second kappa shape index (κ2) is 14.9. The number of rotatable bonds is 1. The first kappa shape index (κ1) is 38.1. The maximum Gasteiger partial charge on any atom is 4.00 e. The van der Waals surface area contributed by atoms with Crippen molar-refractivity contribution >= 4 is 0 Å². The third-order valence-corrected chi connectivity index (χ3v) is 6.56. The largest absolute Gasteiger partial charge is 4.00 e. The van der Waals surface area contributed by atoms with Gasteiger partial charge in [0.05, 0.1) is 0 Å². The van der Waals surface area contributed by atoms with E-state index < -0.39 is 0 Å². The number of halogens is 2. The second-order valence-electron chi connectivity index (χ2n) is 12.4. The van der Waals surface area contributed by atoms with Crippen LogP contribution >= 0.6 is 0 Å². The van der Waals surface area contributed by atoms with Gasteiger partial charge >= 0.3 is 25.8 Å². The van der Waals surface area contributed by atoms with Gasteiger partial charge in [-0.2, -0.15) is 47.0 Å². The number of aryl methyl sites for hydroxylation is 1. The van der Waals surface area contributed by atoms with Gasteiger partial charge in [0.25, 0.3) is 0 Å². The van der Waals surface area contributed by atoms with E-state index in [-0.39, 0.29) is 61.5 Å². The van der Waals surface area contributed by atoms with Crippen LogP contribution in [0.3, 0.4) is 0 Å². The molecule has 0 amide bonds. The summed E-state index contributed by atoms with van der Waals surface area (Å²) in [5, 5.41) is 0. The Morgan fingerprint density at radius 1 is 0.757 bits per heavy atom. The van der Waals surface area contributed by atoms with Crippen molar-refractivity contribution in [2.45, 2.75) is 98.3 Å². The van der Waals surface area contributed by atoms with Crippen molar-refractivity contribution in [1.29, 1.82) is 0 Å². The molecule has 0 N–H and O–H groups in total. The van der Waals surface area contributed by atoms with Crippen LogP contribution in [0.4, 0.5) is 0 Å². The van der Waals surface area contributed by atoms with Gasteiger partial charge in [0.2, 0.25) is 0 Å². The molecule has 0 fully saturated rings. The summed E-state index contributed by atoms with van der Waals surface area (Å²) in [6.45, 7) is 28.6. The summed E-state index contributed by atoms with van der Waals surface area (Å²) in [7, 11) is 0. The van der Waals surface area contributed by atoms with E-state index in [2.05, 4.69) is 137 Å². The van der Waals surface area contributed by atoms with Crippen molar-refractivity contribution in [2.24, 2.45) is 0 Å². The Hall–Kier alpha value is -1.02. The quantitative estimate of drug-likeness (QED) is 0.161. The first-order chi connectivity index (χ1) is 15.7. The van der Waals surface area contributed by atoms with E-state index in [4.69, 9.17) is 0 Å². The molecule has 37 heavy (non-hydrogen) atoms. The standard InChI is InChI=1S/C21H25.C11H17.C2H4.2ClH.Hf/c1-20(2,3)16-7-9-18-14(12-16)11-15-13-17(21(4,5)6)8-10-19(15)18;1-5-9-6-7-10(8-9)11(2,3)4;1-2;;;/h7-10,12H,11H2,1-6H3;6-8H,5H2,1-4H3;1-2H2;2*1H;/q2*-1;;;;+4/p-2. The molecule has 3 aromatic carbocycles. The molecule has 200 valence electrons. The molecule has 0 saturated heterocycles. The Kier molecular flexibility index (Phi) is 15.4. The zero-order chi connectivity index (χ0) is 25.9. The summed E-state index contributed by atoms with van der Waals surface area (Å²) < 4.78 is 0. The monoisotopic (exact) mass is 704 g/mol. The van der Waals surface area contributed by atoms with E-state index in [0.29, 0.717) is 5.41 Å². The number of hydrogen-bond acceptors (Lipinski definition) is 0. The summed E-state index contributed by atoms with van der Waals surface area (Å²) in [5.74, 6) is 0. The summed E-state index contributed by atoms with van der Waals surface area (Å²) in [4.78, 5) is 0. The SMILES string of the molecule is C=C.CC(C)(C)c1[c-]c2c(cc1)-c1ccc(C(C)(C)C)cc1C2.CCc1cc(C(C)(C)C)c[cH-]1.[Cl-].[Cl-].[Hf+4]. The number of hydrogen-bond donors (Lipinski definition) is 0. The maximum atomic E-state index is 3.67. The summed E-state index contributed by atoms with van der Waals surface area (Å²) >= 11 is 0. The second-order valence-corrected chi connectivity index (χ2v) is 12.4. The topological polar surface area (TPSA) is 0 Å². The molecular weight excluding hydrogens is 658 g/mol. The molecule has 0 spiro atoms. The van der Waals surface area contributed by atoms with E-state index >= 15 is 0 Å². The number of fused-ring (bicyclic) bond motifs is 3. The molecule has 0 nitrogen and oxygen atoms in total. The molecule has 3 heteroatoms. The Labute approximate surface area is 259 Å². The Morgan fingerprint density at radius 2 is 1.30 bits per heavy atom. The zero-order valence-electron chi connectivity index (χ0n) is 24.7. The molecule has 0 radical (unpaired) electrons. The van der Waals surface area contributed by atoms with Gasteiger partial charge in [0, 0.05) is 0 Å². The van der Waals surface area contributed by atoms with Gasteiger partial charge in [0.15, 0.2) is 0 Å². The van der Waals surface area contributed by atoms with Crippen LogP contribution in [-0.4, -0.2) is 0 Å². The molecule has 0 heterocycles. The summed E-state index contributed by atoms with van der Waals surface area (Å²) in [6, 6.07) is 21.9. The average Bonchev–Trinajstić information content (AvgIpc) is 3.38. The fourth-order valence-electron chi connectivity index (χ4n) is 4.21. The van der Waals surface area contributed by atoms with E-state index in [1.807, 2.05) is 0 Å². The van der Waals surface area contributed by atoms with Gasteiger partial charge < -0.3 is 24.8 Å². The van der Waals surface area contributed by atoms with Crippen LogP contribution in [0.2, 0.25) is 0 Å². The predicted octanol–water partition coefficient (Wildman–Crippen LogP) is 3.73. The fraction of sp³-hybridized carbons (Fsp3) is 0.441. The molecule has 0 aliphatic heterocycles. The molecule has 1 aliphatic carbocycles. The van der Waals surface area contributed by atoms with Crippen LogP contribution in [0.5, 0.6) is 0 Å². The third kappa shape index (κ3) is 9.90. The Morgan fingerprint density at radius 3 is 1.73 bits per heavy atom. The minimum Gasteiger partial charge on any atom is -1.00 e. The average molecular weight is 704 g/mol. The van der Waals surface area contributed by atoms with Gasteiger partial charge in [-0.15, -0.1) is 24.3 Å². The van der Waals surface area contributed by atoms with E-state index in [1.54, 1.807) is 0 Å². The number of benzene rings is 2. The molecule has 1 aliphatic rings. The van der Waals surface area contributed by atoms with E-state index in [0.717, 1.165) is 12.8 Å². The predicted molar refractivity (Wildman–Crippen MR) is 152 cm³/mol. The van der Waals surface area contributed by atoms with Crippen LogP contribution in [0.1, 0.15) is 103 Å². The van der Waals surface area contributed by atoms with Crippen molar-refractivity contribution in [3.63, 3.8) is 0 Å². The Balaban J connectivity index is 0. The van der Waals surface area contributed by atoms with Crippen LogP contribution in [0.15, 0.2) is 61.7 Å². The Bertz CT molecular complexity index is 1040. The van der Waals surface area contributed by atoms with Crippen molar-refractivity contribution < 1.29 is 50.7 Å². The summed E-state index contributed by atoms with van der Waals surface area (Å²) in [5.41, 5.74) is 11.9. The van der Waals surface area contributed by atoms with E-state index in [1.165, 1.54) is 44.5 Å². The smallest absolute Gasteiger partial charge is 1.00 e. The molecule has 0 saturated carbocycles. The van der Waals surface area contributed by atoms with Crippen molar-refractivity contribution in [3.05, 3.63) is 101 Å². The minimum absolute atomic E-state index is 0. The summed E-state index contributed by atoms with van der Waals surface area (Å²) in [6.07, 6.45) is 2.18. The molecule has 0 atom stereocenters. The first-order valence-corrected chi connectivity index (χ1v) is 12.7. The maximum absolute atomic E-state index is 3.67.